The fourth-order valence-corrected chi connectivity index (χ4v) is 4.93. The molecule has 0 N–H and O–H groups in total. The lowest BCUT2D eigenvalue weighted by molar-refractivity contribution is -0.120. The smallest absolute Gasteiger partial charge is 0.271 e. The van der Waals surface area contributed by atoms with E-state index in [1.165, 1.54) is 32.1 Å². The molecule has 164 valence electrons. The summed E-state index contributed by atoms with van der Waals surface area (Å²) in [5.74, 6) is 2.93. The van der Waals surface area contributed by atoms with Gasteiger partial charge in [0.1, 0.15) is 11.9 Å². The largest absolute Gasteiger partial charge is 0.493 e. The van der Waals surface area contributed by atoms with Crippen molar-refractivity contribution in [2.24, 2.45) is 15.9 Å². The zero-order chi connectivity index (χ0) is 21.7. The van der Waals surface area contributed by atoms with Gasteiger partial charge < -0.3 is 9.47 Å². The maximum absolute atomic E-state index is 12.7. The van der Waals surface area contributed by atoms with Gasteiger partial charge in [0.2, 0.25) is 0 Å². The number of carbonyl (C=O) groups is 1. The Balaban J connectivity index is 1.86. The second kappa shape index (κ2) is 10.3. The third kappa shape index (κ3) is 4.66. The van der Waals surface area contributed by atoms with Crippen molar-refractivity contribution in [3.63, 3.8) is 0 Å². The molecule has 2 aliphatic heterocycles. The van der Waals surface area contributed by atoms with Crippen LogP contribution >= 0.6 is 11.8 Å². The highest BCUT2D eigenvalue weighted by molar-refractivity contribution is 8.13. The molecule has 1 amide bonds. The number of carbonyl (C=O) groups excluding carboxylic acids is 1. The fraction of sp³-hybridized carbons (Fsp3) is 0.609. The molecule has 0 saturated heterocycles. The summed E-state index contributed by atoms with van der Waals surface area (Å²) >= 11 is 1.72. The number of fused-ring (bicyclic) bond motifs is 3. The molecule has 7 heteroatoms. The fourth-order valence-electron chi connectivity index (χ4n) is 3.89. The normalized spacial score (nSPS) is 17.6. The van der Waals surface area contributed by atoms with E-state index in [-0.39, 0.29) is 17.9 Å². The van der Waals surface area contributed by atoms with Crippen molar-refractivity contribution >= 4 is 34.4 Å². The first kappa shape index (κ1) is 22.7. The Morgan fingerprint density at radius 2 is 1.70 bits per heavy atom. The van der Waals surface area contributed by atoms with Crippen molar-refractivity contribution in [2.45, 2.75) is 65.3 Å². The third-order valence-corrected chi connectivity index (χ3v) is 6.54. The predicted octanol–water partition coefficient (Wildman–Crippen LogP) is 5.41. The number of rotatable bonds is 10. The summed E-state index contributed by atoms with van der Waals surface area (Å²) in [6.45, 7) is 6.35. The predicted molar refractivity (Wildman–Crippen MR) is 124 cm³/mol. The van der Waals surface area contributed by atoms with E-state index in [1.54, 1.807) is 26.0 Å². The van der Waals surface area contributed by atoms with Crippen LogP contribution in [0, 0.1) is 5.92 Å². The number of methoxy groups -OCH3 is 2. The molecule has 0 saturated carbocycles. The van der Waals surface area contributed by atoms with Gasteiger partial charge in [-0.25, -0.2) is 4.99 Å². The van der Waals surface area contributed by atoms with Gasteiger partial charge in [-0.2, -0.15) is 4.99 Å². The van der Waals surface area contributed by atoms with Crippen LogP contribution in [-0.4, -0.2) is 47.8 Å². The SMILES string of the molecule is CCCCCCCCSC1=Nc2cc(OC)c(OC)cc2C2=NC(=O)C(C(C)C)N12. The van der Waals surface area contributed by atoms with Gasteiger partial charge >= 0.3 is 0 Å². The number of hydrogen-bond donors (Lipinski definition) is 0. The lowest BCUT2D eigenvalue weighted by Crippen LogP contribution is -2.46. The molecule has 0 spiro atoms. The second-order valence-corrected chi connectivity index (χ2v) is 9.13. The highest BCUT2D eigenvalue weighted by Crippen LogP contribution is 2.41. The summed E-state index contributed by atoms with van der Waals surface area (Å²) in [4.78, 5) is 24.1. The number of amidine groups is 2. The van der Waals surface area contributed by atoms with Gasteiger partial charge in [0.15, 0.2) is 16.7 Å². The van der Waals surface area contributed by atoms with Gasteiger partial charge in [-0.1, -0.05) is 64.6 Å². The van der Waals surface area contributed by atoms with Gasteiger partial charge in [-0.3, -0.25) is 9.69 Å². The van der Waals surface area contributed by atoms with Crippen LogP contribution in [0.1, 0.15) is 64.9 Å². The summed E-state index contributed by atoms with van der Waals surface area (Å²) in [6, 6.07) is 3.43. The van der Waals surface area contributed by atoms with Crippen LogP contribution in [0.2, 0.25) is 0 Å². The molecule has 2 aliphatic rings. The monoisotopic (exact) mass is 431 g/mol. The Morgan fingerprint density at radius 1 is 1.03 bits per heavy atom. The average molecular weight is 432 g/mol. The minimum Gasteiger partial charge on any atom is -0.493 e. The maximum Gasteiger partial charge on any atom is 0.271 e. The first-order chi connectivity index (χ1) is 14.5. The Bertz CT molecular complexity index is 835. The minimum absolute atomic E-state index is 0.101. The van der Waals surface area contributed by atoms with Gasteiger partial charge in [-0.05, 0) is 18.4 Å². The number of thioether (sulfide) groups is 1. The van der Waals surface area contributed by atoms with Crippen LogP contribution < -0.4 is 9.47 Å². The van der Waals surface area contributed by atoms with Crippen molar-refractivity contribution in [3.8, 4) is 11.5 Å². The van der Waals surface area contributed by atoms with E-state index in [1.807, 2.05) is 17.0 Å². The van der Waals surface area contributed by atoms with E-state index in [0.717, 1.165) is 28.6 Å². The van der Waals surface area contributed by atoms with Gasteiger partial charge in [0, 0.05) is 17.4 Å². The number of nitrogens with zero attached hydrogens (tertiary/aromatic N) is 3. The van der Waals surface area contributed by atoms with Crippen molar-refractivity contribution < 1.29 is 14.3 Å². The van der Waals surface area contributed by atoms with Crippen LogP contribution in [0.5, 0.6) is 11.5 Å². The van der Waals surface area contributed by atoms with Crippen LogP contribution in [0.15, 0.2) is 22.1 Å². The molecule has 0 radical (unpaired) electrons. The van der Waals surface area contributed by atoms with Crippen LogP contribution in [0.3, 0.4) is 0 Å². The van der Waals surface area contributed by atoms with E-state index < -0.39 is 0 Å². The Hall–Kier alpha value is -2.02. The van der Waals surface area contributed by atoms with Crippen LogP contribution in [0.25, 0.3) is 0 Å². The standard InChI is InChI=1S/C23H33N3O3S/c1-6-7-8-9-10-11-12-30-23-24-17-14-19(29-5)18(28-4)13-16(17)21-25-22(27)20(15(2)3)26(21)23/h13-15,20H,6-12H2,1-5H3. The van der Waals surface area contributed by atoms with Crippen LogP contribution in [-0.2, 0) is 4.79 Å². The number of aliphatic imine (C=N–C) groups is 2. The van der Waals surface area contributed by atoms with Crippen molar-refractivity contribution in [3.05, 3.63) is 17.7 Å². The van der Waals surface area contributed by atoms with Gasteiger partial charge in [0.05, 0.1) is 19.9 Å². The van der Waals surface area contributed by atoms with E-state index in [0.29, 0.717) is 17.3 Å². The summed E-state index contributed by atoms with van der Waals surface area (Å²) in [7, 11) is 3.22. The molecule has 1 atom stereocenters. The van der Waals surface area contributed by atoms with Crippen molar-refractivity contribution in [1.82, 2.24) is 4.90 Å². The summed E-state index contributed by atoms with van der Waals surface area (Å²) in [6.07, 6.45) is 7.55. The molecular formula is C23H33N3O3S. The Labute approximate surface area is 184 Å². The summed E-state index contributed by atoms with van der Waals surface area (Å²) in [5.41, 5.74) is 1.58. The van der Waals surface area contributed by atoms with E-state index in [9.17, 15) is 4.79 Å². The first-order valence-corrected chi connectivity index (χ1v) is 11.9. The third-order valence-electron chi connectivity index (χ3n) is 5.50. The van der Waals surface area contributed by atoms with Crippen molar-refractivity contribution in [1.29, 1.82) is 0 Å². The number of ether oxygens (including phenoxy) is 2. The molecule has 2 heterocycles. The molecule has 0 aliphatic carbocycles. The maximum atomic E-state index is 12.7. The number of benzene rings is 1. The zero-order valence-corrected chi connectivity index (χ0v) is 19.6. The molecule has 1 unspecified atom stereocenters. The number of unbranched alkanes of at least 4 members (excludes halogenated alkanes) is 5. The molecule has 0 aromatic heterocycles. The molecule has 0 fully saturated rings. The topological polar surface area (TPSA) is 63.5 Å². The van der Waals surface area contributed by atoms with Gasteiger partial charge in [-0.15, -0.1) is 0 Å². The highest BCUT2D eigenvalue weighted by Gasteiger charge is 2.43. The second-order valence-electron chi connectivity index (χ2n) is 8.07. The van der Waals surface area contributed by atoms with Crippen LogP contribution in [0.4, 0.5) is 5.69 Å². The highest BCUT2D eigenvalue weighted by atomic mass is 32.2. The lowest BCUT2D eigenvalue weighted by atomic mass is 10.0. The summed E-state index contributed by atoms with van der Waals surface area (Å²) < 4.78 is 10.9. The summed E-state index contributed by atoms with van der Waals surface area (Å²) in [5, 5.41) is 0.853. The molecule has 3 rings (SSSR count). The Kier molecular flexibility index (Phi) is 7.81. The molecular weight excluding hydrogens is 398 g/mol. The van der Waals surface area contributed by atoms with Crippen molar-refractivity contribution in [2.75, 3.05) is 20.0 Å². The average Bonchev–Trinajstić information content (AvgIpc) is 3.09. The first-order valence-electron chi connectivity index (χ1n) is 10.9. The molecule has 0 bridgehead atoms. The molecule has 1 aromatic rings. The van der Waals surface area contributed by atoms with Gasteiger partial charge in [0.25, 0.3) is 5.91 Å². The molecule has 1 aromatic carbocycles. The zero-order valence-electron chi connectivity index (χ0n) is 18.7. The van der Waals surface area contributed by atoms with E-state index in [4.69, 9.17) is 14.5 Å². The quantitative estimate of drug-likeness (QED) is 0.463. The van der Waals surface area contributed by atoms with E-state index >= 15 is 0 Å². The lowest BCUT2D eigenvalue weighted by Gasteiger charge is -2.33. The molecule has 6 nitrogen and oxygen atoms in total. The Morgan fingerprint density at radius 3 is 2.37 bits per heavy atom. The number of hydrogen-bond acceptors (Lipinski definition) is 6. The number of amides is 1. The minimum atomic E-state index is -0.308. The molecule has 30 heavy (non-hydrogen) atoms. The van der Waals surface area contributed by atoms with E-state index in [2.05, 4.69) is 25.8 Å².